The molecule has 0 N–H and O–H groups in total. The number of nitrogens with zero attached hydrogens (tertiary/aromatic N) is 2. The van der Waals surface area contributed by atoms with Crippen LogP contribution >= 0.6 is 11.3 Å². The van der Waals surface area contributed by atoms with Gasteiger partial charge in [-0.25, -0.2) is 4.98 Å². The molecule has 176 valence electrons. The number of hydrogen-bond donors (Lipinski definition) is 0. The third-order valence-corrected chi connectivity index (χ3v) is 9.16. The Morgan fingerprint density at radius 3 is 1.82 bits per heavy atom. The average Bonchev–Trinajstić information content (AvgIpc) is 3.54. The average molecular weight is 501 g/mol. The lowest BCUT2D eigenvalue weighted by molar-refractivity contribution is 1.08. The van der Waals surface area contributed by atoms with Gasteiger partial charge in [0.1, 0.15) is 5.82 Å². The van der Waals surface area contributed by atoms with Crippen LogP contribution in [0.4, 0.5) is 0 Å². The van der Waals surface area contributed by atoms with Crippen LogP contribution in [0.5, 0.6) is 0 Å². The van der Waals surface area contributed by atoms with Gasteiger partial charge in [-0.15, -0.1) is 11.3 Å². The number of hydrogen-bond acceptors (Lipinski definition) is 2. The largest absolute Gasteiger partial charge is 0.294 e. The van der Waals surface area contributed by atoms with Crippen molar-refractivity contribution in [3.05, 3.63) is 121 Å². The number of fused-ring (bicyclic) bond motifs is 6. The molecule has 9 aromatic rings. The van der Waals surface area contributed by atoms with Crippen LogP contribution in [-0.2, 0) is 0 Å². The van der Waals surface area contributed by atoms with E-state index in [1.165, 1.54) is 69.1 Å². The lowest BCUT2D eigenvalue weighted by atomic mass is 9.93. The third-order valence-electron chi connectivity index (χ3n) is 7.97. The minimum atomic E-state index is 0.941. The van der Waals surface area contributed by atoms with Gasteiger partial charge in [0, 0.05) is 36.5 Å². The summed E-state index contributed by atoms with van der Waals surface area (Å²) in [6.07, 6.45) is 0. The van der Waals surface area contributed by atoms with E-state index in [1.54, 1.807) is 0 Å². The summed E-state index contributed by atoms with van der Waals surface area (Å²) in [5, 5.41) is 10.5. The van der Waals surface area contributed by atoms with Crippen molar-refractivity contribution in [2.45, 2.75) is 0 Å². The molecule has 0 fully saturated rings. The standard InChI is InChI=1S/C35H20N2S/c1-2-10-22-21(9-1)25-13-7-17-31-33(25)34-26(22)19-20-27(35(34)38-31)28-14-8-18-32(36-28)37-29-15-5-3-11-23(29)24-12-4-6-16-30(24)37/h1-20H. The molecule has 0 unspecified atom stereocenters. The summed E-state index contributed by atoms with van der Waals surface area (Å²) in [4.78, 5) is 5.29. The van der Waals surface area contributed by atoms with E-state index >= 15 is 0 Å². The molecule has 0 aliphatic carbocycles. The predicted octanol–water partition coefficient (Wildman–Crippen LogP) is 9.96. The summed E-state index contributed by atoms with van der Waals surface area (Å²) in [6, 6.07) is 43.7. The van der Waals surface area contributed by atoms with Crippen LogP contribution < -0.4 is 0 Å². The van der Waals surface area contributed by atoms with Crippen molar-refractivity contribution < 1.29 is 0 Å². The van der Waals surface area contributed by atoms with E-state index < -0.39 is 0 Å². The van der Waals surface area contributed by atoms with Crippen molar-refractivity contribution in [1.29, 1.82) is 0 Å². The van der Waals surface area contributed by atoms with E-state index in [-0.39, 0.29) is 0 Å². The zero-order valence-corrected chi connectivity index (χ0v) is 21.2. The molecule has 38 heavy (non-hydrogen) atoms. The van der Waals surface area contributed by atoms with Gasteiger partial charge in [0.05, 0.1) is 16.7 Å². The van der Waals surface area contributed by atoms with E-state index in [4.69, 9.17) is 4.98 Å². The first-order valence-corrected chi connectivity index (χ1v) is 13.7. The summed E-state index contributed by atoms with van der Waals surface area (Å²) in [6.45, 7) is 0. The molecule has 0 radical (unpaired) electrons. The van der Waals surface area contributed by atoms with E-state index in [9.17, 15) is 0 Å². The second-order valence-corrected chi connectivity index (χ2v) is 11.0. The van der Waals surface area contributed by atoms with Crippen LogP contribution in [0.15, 0.2) is 121 Å². The lowest BCUT2D eigenvalue weighted by Gasteiger charge is -2.12. The maximum Gasteiger partial charge on any atom is 0.138 e. The Bertz CT molecular complexity index is 2300. The molecular weight excluding hydrogens is 480 g/mol. The van der Waals surface area contributed by atoms with Crippen molar-refractivity contribution in [1.82, 2.24) is 9.55 Å². The molecule has 0 atom stereocenters. The molecule has 3 heterocycles. The van der Waals surface area contributed by atoms with Gasteiger partial charge in [-0.05, 0) is 51.9 Å². The second kappa shape index (κ2) is 7.41. The van der Waals surface area contributed by atoms with Gasteiger partial charge >= 0.3 is 0 Å². The molecule has 0 saturated carbocycles. The van der Waals surface area contributed by atoms with Crippen molar-refractivity contribution in [2.75, 3.05) is 0 Å². The van der Waals surface area contributed by atoms with Crippen molar-refractivity contribution in [3.63, 3.8) is 0 Å². The van der Waals surface area contributed by atoms with Crippen LogP contribution in [0.25, 0.3) is 80.6 Å². The summed E-state index contributed by atoms with van der Waals surface area (Å²) in [5.74, 6) is 0.941. The zero-order chi connectivity index (χ0) is 24.8. The summed E-state index contributed by atoms with van der Waals surface area (Å²) >= 11 is 1.88. The Morgan fingerprint density at radius 1 is 0.474 bits per heavy atom. The van der Waals surface area contributed by atoms with Crippen LogP contribution in [-0.4, -0.2) is 9.55 Å². The van der Waals surface area contributed by atoms with E-state index in [1.807, 2.05) is 11.3 Å². The molecule has 9 rings (SSSR count). The Kier molecular flexibility index (Phi) is 3.96. The maximum atomic E-state index is 5.29. The Hall–Kier alpha value is -4.73. The molecule has 0 aliphatic rings. The topological polar surface area (TPSA) is 17.8 Å². The maximum absolute atomic E-state index is 5.29. The molecular formula is C35H20N2S. The van der Waals surface area contributed by atoms with Crippen molar-refractivity contribution in [3.8, 4) is 17.1 Å². The summed E-state index contributed by atoms with van der Waals surface area (Å²) in [7, 11) is 0. The molecule has 6 aromatic carbocycles. The molecule has 0 amide bonds. The van der Waals surface area contributed by atoms with Gasteiger partial charge < -0.3 is 0 Å². The third kappa shape index (κ3) is 2.59. The van der Waals surface area contributed by atoms with E-state index in [0.717, 1.165) is 11.5 Å². The molecule has 3 aromatic heterocycles. The molecule has 0 spiro atoms. The first-order valence-electron chi connectivity index (χ1n) is 12.9. The highest BCUT2D eigenvalue weighted by Crippen LogP contribution is 2.48. The Balaban J connectivity index is 1.35. The van der Waals surface area contributed by atoms with Crippen LogP contribution in [0.3, 0.4) is 0 Å². The number of pyridine rings is 1. The highest BCUT2D eigenvalue weighted by atomic mass is 32.1. The van der Waals surface area contributed by atoms with Gasteiger partial charge in [-0.2, -0.15) is 0 Å². The molecule has 0 aliphatic heterocycles. The van der Waals surface area contributed by atoms with Gasteiger partial charge in [0.25, 0.3) is 0 Å². The van der Waals surface area contributed by atoms with Crippen LogP contribution in [0, 0.1) is 0 Å². The van der Waals surface area contributed by atoms with Gasteiger partial charge in [-0.3, -0.25) is 4.57 Å². The monoisotopic (exact) mass is 500 g/mol. The van der Waals surface area contributed by atoms with E-state index in [0.29, 0.717) is 0 Å². The van der Waals surface area contributed by atoms with Crippen molar-refractivity contribution >= 4 is 74.9 Å². The minimum Gasteiger partial charge on any atom is -0.294 e. The van der Waals surface area contributed by atoms with Crippen LogP contribution in [0.1, 0.15) is 0 Å². The highest BCUT2D eigenvalue weighted by Gasteiger charge is 2.19. The first kappa shape index (κ1) is 20.3. The molecule has 2 nitrogen and oxygen atoms in total. The summed E-state index contributed by atoms with van der Waals surface area (Å²) in [5.41, 5.74) is 4.55. The summed E-state index contributed by atoms with van der Waals surface area (Å²) < 4.78 is 4.94. The smallest absolute Gasteiger partial charge is 0.138 e. The Labute approximate surface area is 222 Å². The zero-order valence-electron chi connectivity index (χ0n) is 20.3. The minimum absolute atomic E-state index is 0.941. The molecule has 3 heteroatoms. The number of para-hydroxylation sites is 2. The molecule has 0 saturated heterocycles. The fourth-order valence-electron chi connectivity index (χ4n) is 6.39. The lowest BCUT2D eigenvalue weighted by Crippen LogP contribution is -1.98. The van der Waals surface area contributed by atoms with Gasteiger partial charge in [-0.1, -0.05) is 91.0 Å². The van der Waals surface area contributed by atoms with Crippen molar-refractivity contribution in [2.24, 2.45) is 0 Å². The quantitative estimate of drug-likeness (QED) is 0.216. The Morgan fingerprint density at radius 2 is 1.08 bits per heavy atom. The normalized spacial score (nSPS) is 12.2. The van der Waals surface area contributed by atoms with E-state index in [2.05, 4.69) is 126 Å². The number of rotatable bonds is 2. The fourth-order valence-corrected chi connectivity index (χ4v) is 7.67. The number of thiophene rings is 1. The highest BCUT2D eigenvalue weighted by molar-refractivity contribution is 7.26. The first-order chi connectivity index (χ1) is 18.9. The number of aromatic nitrogens is 2. The predicted molar refractivity (Wildman–Crippen MR) is 163 cm³/mol. The second-order valence-electron chi connectivity index (χ2n) is 9.94. The van der Waals surface area contributed by atoms with Gasteiger partial charge in [0.15, 0.2) is 0 Å². The van der Waals surface area contributed by atoms with Gasteiger partial charge in [0.2, 0.25) is 0 Å². The SMILES string of the molecule is c1cc(-c2ccc3c4ccccc4c4cccc5sc2c3c54)nc(-n2c3ccccc3c3ccccc32)c1. The van der Waals surface area contributed by atoms with Crippen LogP contribution in [0.2, 0.25) is 0 Å². The molecule has 0 bridgehead atoms. The number of benzene rings is 6. The fraction of sp³-hybridized carbons (Fsp3) is 0.